The Bertz CT molecular complexity index is 622. The van der Waals surface area contributed by atoms with Crippen molar-refractivity contribution in [2.75, 3.05) is 6.26 Å². The van der Waals surface area contributed by atoms with Gasteiger partial charge in [0, 0.05) is 0 Å². The van der Waals surface area contributed by atoms with E-state index in [2.05, 4.69) is 40.8 Å². The first-order chi connectivity index (χ1) is 11.5. The molecule has 0 spiro atoms. The fourth-order valence-corrected chi connectivity index (χ4v) is 6.75. The summed E-state index contributed by atoms with van der Waals surface area (Å²) in [4.78, 5) is 0. The first-order valence-electron chi connectivity index (χ1n) is 9.76. The van der Waals surface area contributed by atoms with Gasteiger partial charge in [0.05, 0.1) is 24.1 Å². The highest BCUT2D eigenvalue weighted by atomic mass is 32.2. The average molecular weight is 407 g/mol. The molecule has 154 valence electrons. The molecule has 26 heavy (non-hydrogen) atoms. The van der Waals surface area contributed by atoms with Crippen molar-refractivity contribution in [3.63, 3.8) is 0 Å². The van der Waals surface area contributed by atoms with Crippen LogP contribution >= 0.6 is 0 Å². The molecule has 2 fully saturated rings. The van der Waals surface area contributed by atoms with Gasteiger partial charge in [-0.05, 0) is 68.5 Å². The lowest BCUT2D eigenvalue weighted by atomic mass is 9.53. The van der Waals surface area contributed by atoms with Crippen LogP contribution in [0.25, 0.3) is 0 Å². The molecule has 0 radical (unpaired) electrons. The second-order valence-corrected chi connectivity index (χ2v) is 16.9. The Balaban J connectivity index is 2.27. The van der Waals surface area contributed by atoms with Gasteiger partial charge in [0.1, 0.15) is 0 Å². The van der Waals surface area contributed by atoms with E-state index in [0.29, 0.717) is 19.3 Å². The Morgan fingerprint density at radius 1 is 1.12 bits per heavy atom. The fourth-order valence-electron chi connectivity index (χ4n) is 4.63. The van der Waals surface area contributed by atoms with Crippen molar-refractivity contribution in [3.05, 3.63) is 0 Å². The van der Waals surface area contributed by atoms with E-state index in [9.17, 15) is 13.5 Å². The maximum absolute atomic E-state index is 11.6. The van der Waals surface area contributed by atoms with Gasteiger partial charge in [0.25, 0.3) is 10.1 Å². The van der Waals surface area contributed by atoms with E-state index in [1.165, 1.54) is 0 Å². The summed E-state index contributed by atoms with van der Waals surface area (Å²) in [5, 5.41) is 11.2. The van der Waals surface area contributed by atoms with Crippen LogP contribution in [-0.2, 0) is 18.7 Å². The normalized spacial score (nSPS) is 39.5. The number of aliphatic hydroxyl groups is 1. The molecule has 0 amide bonds. The smallest absolute Gasteiger partial charge is 0.264 e. The average Bonchev–Trinajstić information content (AvgIpc) is 2.41. The first kappa shape index (κ1) is 22.3. The van der Waals surface area contributed by atoms with Crippen LogP contribution in [0.2, 0.25) is 18.1 Å². The van der Waals surface area contributed by atoms with Gasteiger partial charge in [0.2, 0.25) is 0 Å². The van der Waals surface area contributed by atoms with Gasteiger partial charge in [-0.1, -0.05) is 27.7 Å². The molecule has 5 nitrogen and oxygen atoms in total. The maximum atomic E-state index is 11.6. The maximum Gasteiger partial charge on any atom is 0.264 e. The van der Waals surface area contributed by atoms with E-state index >= 15 is 0 Å². The zero-order valence-electron chi connectivity index (χ0n) is 17.8. The molecule has 2 saturated carbocycles. The molecule has 1 N–H and O–H groups in total. The molecule has 2 aliphatic rings. The fraction of sp³-hybridized carbons (Fsp3) is 1.00. The van der Waals surface area contributed by atoms with Gasteiger partial charge in [-0.15, -0.1) is 0 Å². The molecule has 0 aliphatic heterocycles. The largest absolute Gasteiger partial charge is 0.413 e. The van der Waals surface area contributed by atoms with Crippen molar-refractivity contribution in [1.82, 2.24) is 0 Å². The molecule has 0 saturated heterocycles. The lowest BCUT2D eigenvalue weighted by Crippen LogP contribution is -2.61. The first-order valence-corrected chi connectivity index (χ1v) is 14.5. The molecule has 2 rings (SSSR count). The van der Waals surface area contributed by atoms with Gasteiger partial charge in [0.15, 0.2) is 8.32 Å². The Hall–Kier alpha value is 0.0469. The Morgan fingerprint density at radius 3 is 2.19 bits per heavy atom. The van der Waals surface area contributed by atoms with Gasteiger partial charge in [-0.25, -0.2) is 0 Å². The number of rotatable bonds is 4. The minimum absolute atomic E-state index is 0.0287. The minimum atomic E-state index is -3.49. The molecule has 0 aromatic heterocycles. The molecule has 2 aliphatic carbocycles. The molecule has 0 aromatic rings. The summed E-state index contributed by atoms with van der Waals surface area (Å²) in [7, 11) is -5.41. The van der Waals surface area contributed by atoms with E-state index in [4.69, 9.17) is 8.61 Å². The van der Waals surface area contributed by atoms with Crippen molar-refractivity contribution >= 4 is 18.4 Å². The summed E-state index contributed by atoms with van der Waals surface area (Å²) in [6.07, 6.45) is 4.45. The van der Waals surface area contributed by atoms with E-state index in [1.807, 2.05) is 6.92 Å². The van der Waals surface area contributed by atoms with Crippen molar-refractivity contribution in [1.29, 1.82) is 0 Å². The van der Waals surface area contributed by atoms with Crippen molar-refractivity contribution in [3.8, 4) is 0 Å². The molecular weight excluding hydrogens is 368 g/mol. The van der Waals surface area contributed by atoms with E-state index in [1.54, 1.807) is 0 Å². The molecule has 0 heterocycles. The summed E-state index contributed by atoms with van der Waals surface area (Å²) in [6.45, 7) is 15.4. The second kappa shape index (κ2) is 6.83. The summed E-state index contributed by atoms with van der Waals surface area (Å²) >= 11 is 0. The van der Waals surface area contributed by atoms with E-state index < -0.39 is 24.0 Å². The third-order valence-corrected chi connectivity index (χ3v) is 12.4. The Labute approximate surface area is 161 Å². The quantitative estimate of drug-likeness (QED) is 0.563. The van der Waals surface area contributed by atoms with Crippen molar-refractivity contribution in [2.45, 2.75) is 103 Å². The summed E-state index contributed by atoms with van der Waals surface area (Å²) in [5.41, 5.74) is -0.976. The summed E-state index contributed by atoms with van der Waals surface area (Å²) in [6, 6.07) is 0. The molecule has 0 bridgehead atoms. The molecule has 7 heteroatoms. The van der Waals surface area contributed by atoms with Crippen molar-refractivity contribution < 1.29 is 22.1 Å². The summed E-state index contributed by atoms with van der Waals surface area (Å²) < 4.78 is 35.2. The minimum Gasteiger partial charge on any atom is -0.413 e. The number of hydrogen-bond acceptors (Lipinski definition) is 5. The number of hydrogen-bond donors (Lipinski definition) is 1. The third-order valence-electron chi connectivity index (χ3n) is 7.25. The van der Waals surface area contributed by atoms with E-state index in [-0.39, 0.29) is 28.6 Å². The zero-order chi connectivity index (χ0) is 20.2. The topological polar surface area (TPSA) is 72.8 Å². The van der Waals surface area contributed by atoms with Crippen LogP contribution in [0.1, 0.15) is 66.7 Å². The zero-order valence-corrected chi connectivity index (χ0v) is 19.6. The highest BCUT2D eigenvalue weighted by Crippen LogP contribution is 2.56. The van der Waals surface area contributed by atoms with Crippen LogP contribution < -0.4 is 0 Å². The standard InChI is InChI=1S/C19H38O5SSi/c1-17(2,3)26(7,8)24-16-10-12-19(5,20)15-13-14(23-25(6,21)22)9-11-18(15,16)4/h14-16,20H,9-13H2,1-8H3. The number of fused-ring (bicyclic) bond motifs is 1. The van der Waals surface area contributed by atoms with Crippen LogP contribution in [0.15, 0.2) is 0 Å². The predicted octanol–water partition coefficient (Wildman–Crippen LogP) is 4.07. The monoisotopic (exact) mass is 406 g/mol. The van der Waals surface area contributed by atoms with E-state index in [0.717, 1.165) is 19.1 Å². The van der Waals surface area contributed by atoms with Crippen LogP contribution in [0, 0.1) is 11.3 Å². The van der Waals surface area contributed by atoms with Gasteiger partial charge >= 0.3 is 0 Å². The second-order valence-electron chi connectivity index (χ2n) is 10.5. The van der Waals surface area contributed by atoms with Gasteiger partial charge in [-0.2, -0.15) is 8.42 Å². The molecule has 0 aromatic carbocycles. The van der Waals surface area contributed by atoms with Crippen molar-refractivity contribution in [2.24, 2.45) is 11.3 Å². The SMILES string of the molecule is CC1(O)CCC(O[Si](C)(C)C(C)(C)C)C2(C)CCC(OS(C)(=O)=O)CC12. The third kappa shape index (κ3) is 4.54. The van der Waals surface area contributed by atoms with Crippen LogP contribution in [0.4, 0.5) is 0 Å². The lowest BCUT2D eigenvalue weighted by molar-refractivity contribution is -0.174. The Morgan fingerprint density at radius 2 is 1.69 bits per heavy atom. The highest BCUT2D eigenvalue weighted by molar-refractivity contribution is 7.86. The molecule has 5 atom stereocenters. The summed E-state index contributed by atoms with van der Waals surface area (Å²) in [5.74, 6) is -0.0287. The van der Waals surface area contributed by atoms with Gasteiger partial charge < -0.3 is 9.53 Å². The highest BCUT2D eigenvalue weighted by Gasteiger charge is 2.57. The van der Waals surface area contributed by atoms with Crippen LogP contribution in [-0.4, -0.2) is 45.9 Å². The van der Waals surface area contributed by atoms with Crippen LogP contribution in [0.3, 0.4) is 0 Å². The Kier molecular flexibility index (Phi) is 5.87. The molecule has 5 unspecified atom stereocenters. The van der Waals surface area contributed by atoms with Crippen LogP contribution in [0.5, 0.6) is 0 Å². The lowest BCUT2D eigenvalue weighted by Gasteiger charge is -2.59. The van der Waals surface area contributed by atoms with Gasteiger partial charge in [-0.3, -0.25) is 4.18 Å². The molecular formula is C19H38O5SSi. The predicted molar refractivity (Wildman–Crippen MR) is 107 cm³/mol.